The van der Waals surface area contributed by atoms with Crippen LogP contribution in [0.1, 0.15) is 17.5 Å². The molecule has 0 spiro atoms. The zero-order valence-corrected chi connectivity index (χ0v) is 14.7. The molecule has 0 saturated heterocycles. The Labute approximate surface area is 160 Å². The van der Waals surface area contributed by atoms with Crippen molar-refractivity contribution in [2.45, 2.75) is 18.4 Å². The maximum Gasteiger partial charge on any atom is 0.336 e. The Balaban J connectivity index is 2.25. The fourth-order valence-electron chi connectivity index (χ4n) is 2.76. The van der Waals surface area contributed by atoms with Gasteiger partial charge in [0.1, 0.15) is 5.75 Å². The van der Waals surface area contributed by atoms with Crippen LogP contribution in [0.25, 0.3) is 6.08 Å². The maximum atomic E-state index is 11.7. The van der Waals surface area contributed by atoms with Gasteiger partial charge in [-0.25, -0.2) is 4.79 Å². The van der Waals surface area contributed by atoms with E-state index in [9.17, 15) is 40.2 Å². The zero-order chi connectivity index (χ0) is 20.9. The SMILES string of the molecule is O=C(O)[C@H](C/C=C/c1ccc(O)c(O)c1)[C@@](O)(Cc1ccc(O)cc1)C(=O)O. The van der Waals surface area contributed by atoms with Crippen molar-refractivity contribution in [2.24, 2.45) is 5.92 Å². The molecule has 0 unspecified atom stereocenters. The van der Waals surface area contributed by atoms with Crippen molar-refractivity contribution >= 4 is 18.0 Å². The Kier molecular flexibility index (Phi) is 6.27. The van der Waals surface area contributed by atoms with E-state index >= 15 is 0 Å². The summed E-state index contributed by atoms with van der Waals surface area (Å²) in [5.41, 5.74) is -1.78. The molecule has 2 aromatic rings. The van der Waals surface area contributed by atoms with E-state index in [1.54, 1.807) is 0 Å². The van der Waals surface area contributed by atoms with Gasteiger partial charge in [0.2, 0.25) is 0 Å². The van der Waals surface area contributed by atoms with Crippen molar-refractivity contribution in [3.63, 3.8) is 0 Å². The highest BCUT2D eigenvalue weighted by molar-refractivity contribution is 5.86. The molecule has 8 nitrogen and oxygen atoms in total. The number of aliphatic carboxylic acids is 2. The molecule has 0 aliphatic carbocycles. The first-order valence-electron chi connectivity index (χ1n) is 8.28. The number of hydrogen-bond acceptors (Lipinski definition) is 6. The molecule has 2 atom stereocenters. The van der Waals surface area contributed by atoms with E-state index in [0.717, 1.165) is 0 Å². The average molecular weight is 388 g/mol. The molecule has 0 bridgehead atoms. The predicted octanol–water partition coefficient (Wildman–Crippen LogP) is 1.97. The number of carbonyl (C=O) groups is 2. The summed E-state index contributed by atoms with van der Waals surface area (Å²) in [6, 6.07) is 9.40. The highest BCUT2D eigenvalue weighted by Crippen LogP contribution is 2.29. The van der Waals surface area contributed by atoms with Gasteiger partial charge in [-0.1, -0.05) is 30.4 Å². The number of carboxylic acid groups (broad SMARTS) is 2. The molecule has 8 heteroatoms. The first kappa shape index (κ1) is 20.8. The Morgan fingerprint density at radius 3 is 2.14 bits per heavy atom. The van der Waals surface area contributed by atoms with Crippen LogP contribution in [0.2, 0.25) is 0 Å². The largest absolute Gasteiger partial charge is 0.508 e. The first-order valence-corrected chi connectivity index (χ1v) is 8.28. The monoisotopic (exact) mass is 388 g/mol. The summed E-state index contributed by atoms with van der Waals surface area (Å²) in [6.07, 6.45) is 2.05. The van der Waals surface area contributed by atoms with Crippen molar-refractivity contribution < 1.29 is 40.2 Å². The van der Waals surface area contributed by atoms with Gasteiger partial charge >= 0.3 is 11.9 Å². The summed E-state index contributed by atoms with van der Waals surface area (Å²) in [5.74, 6) is -5.52. The summed E-state index contributed by atoms with van der Waals surface area (Å²) >= 11 is 0. The summed E-state index contributed by atoms with van der Waals surface area (Å²) in [5, 5.41) is 57.7. The summed E-state index contributed by atoms with van der Waals surface area (Å²) in [7, 11) is 0. The molecule has 0 aliphatic heterocycles. The average Bonchev–Trinajstić information content (AvgIpc) is 2.63. The fraction of sp³-hybridized carbons (Fsp3) is 0.200. The Morgan fingerprint density at radius 1 is 0.964 bits per heavy atom. The van der Waals surface area contributed by atoms with E-state index in [1.165, 1.54) is 54.6 Å². The van der Waals surface area contributed by atoms with E-state index in [4.69, 9.17) is 0 Å². The van der Waals surface area contributed by atoms with Gasteiger partial charge in [0, 0.05) is 6.42 Å². The van der Waals surface area contributed by atoms with Crippen molar-refractivity contribution in [1.29, 1.82) is 0 Å². The molecular weight excluding hydrogens is 368 g/mol. The molecule has 0 aliphatic rings. The minimum Gasteiger partial charge on any atom is -0.508 e. The van der Waals surface area contributed by atoms with E-state index in [0.29, 0.717) is 11.1 Å². The first-order chi connectivity index (χ1) is 13.1. The van der Waals surface area contributed by atoms with Gasteiger partial charge < -0.3 is 30.6 Å². The number of hydrogen-bond donors (Lipinski definition) is 6. The molecule has 0 heterocycles. The van der Waals surface area contributed by atoms with Gasteiger partial charge in [-0.2, -0.15) is 0 Å². The van der Waals surface area contributed by atoms with Crippen LogP contribution in [-0.2, 0) is 16.0 Å². The Morgan fingerprint density at radius 2 is 1.61 bits per heavy atom. The number of phenolic OH excluding ortho intramolecular Hbond substituents is 3. The second-order valence-corrected chi connectivity index (χ2v) is 6.35. The number of aliphatic hydroxyl groups is 1. The molecule has 0 fully saturated rings. The lowest BCUT2D eigenvalue weighted by atomic mass is 9.80. The van der Waals surface area contributed by atoms with Gasteiger partial charge in [0.25, 0.3) is 0 Å². The quantitative estimate of drug-likeness (QED) is 0.375. The van der Waals surface area contributed by atoms with Gasteiger partial charge in [0.15, 0.2) is 17.1 Å². The maximum absolute atomic E-state index is 11.7. The van der Waals surface area contributed by atoms with Crippen LogP contribution in [0.15, 0.2) is 48.5 Å². The van der Waals surface area contributed by atoms with Crippen molar-refractivity contribution in [2.75, 3.05) is 0 Å². The lowest BCUT2D eigenvalue weighted by Crippen LogP contribution is -2.50. The van der Waals surface area contributed by atoms with E-state index < -0.39 is 29.9 Å². The molecular formula is C20H20O8. The van der Waals surface area contributed by atoms with Crippen LogP contribution in [0.3, 0.4) is 0 Å². The third kappa shape index (κ3) is 4.80. The standard InChI is InChI=1S/C20H20O8/c21-14-7-4-13(5-8-14)11-20(28,19(26)27)15(18(24)25)3-1-2-12-6-9-16(22)17(23)10-12/h1-2,4-10,15,21-23,28H,3,11H2,(H,24,25)(H,26,27)/b2-1+/t15-,20-/m0/s1. The molecule has 0 radical (unpaired) electrons. The molecule has 2 aromatic carbocycles. The summed E-state index contributed by atoms with van der Waals surface area (Å²) in [4.78, 5) is 23.4. The van der Waals surface area contributed by atoms with Crippen LogP contribution >= 0.6 is 0 Å². The van der Waals surface area contributed by atoms with Gasteiger partial charge in [-0.15, -0.1) is 0 Å². The van der Waals surface area contributed by atoms with Crippen LogP contribution in [0.4, 0.5) is 0 Å². The number of phenols is 3. The molecule has 28 heavy (non-hydrogen) atoms. The lowest BCUT2D eigenvalue weighted by Gasteiger charge is -2.29. The number of benzene rings is 2. The van der Waals surface area contributed by atoms with Crippen LogP contribution < -0.4 is 0 Å². The third-order valence-electron chi connectivity index (χ3n) is 4.34. The van der Waals surface area contributed by atoms with Crippen LogP contribution in [0.5, 0.6) is 17.2 Å². The lowest BCUT2D eigenvalue weighted by molar-refractivity contribution is -0.174. The normalized spacial score (nSPS) is 14.5. The number of carboxylic acids is 2. The van der Waals surface area contributed by atoms with Crippen LogP contribution in [0, 0.1) is 5.92 Å². The van der Waals surface area contributed by atoms with Crippen molar-refractivity contribution in [1.82, 2.24) is 0 Å². The predicted molar refractivity (Wildman–Crippen MR) is 98.9 cm³/mol. The molecule has 2 rings (SSSR count). The van der Waals surface area contributed by atoms with Crippen LogP contribution in [-0.4, -0.2) is 48.2 Å². The zero-order valence-electron chi connectivity index (χ0n) is 14.7. The minimum absolute atomic E-state index is 0.0440. The Bertz CT molecular complexity index is 888. The molecule has 0 aromatic heterocycles. The minimum atomic E-state index is -2.58. The van der Waals surface area contributed by atoms with Gasteiger partial charge in [-0.05, 0) is 41.8 Å². The topological polar surface area (TPSA) is 156 Å². The smallest absolute Gasteiger partial charge is 0.336 e. The number of allylic oxidation sites excluding steroid dienone is 1. The molecule has 6 N–H and O–H groups in total. The molecule has 0 amide bonds. The van der Waals surface area contributed by atoms with Crippen molar-refractivity contribution in [3.8, 4) is 17.2 Å². The highest BCUT2D eigenvalue weighted by Gasteiger charge is 2.47. The second kappa shape index (κ2) is 8.45. The van der Waals surface area contributed by atoms with E-state index in [-0.39, 0.29) is 23.7 Å². The third-order valence-corrected chi connectivity index (χ3v) is 4.34. The van der Waals surface area contributed by atoms with Crippen molar-refractivity contribution in [3.05, 3.63) is 59.7 Å². The number of rotatable bonds is 8. The van der Waals surface area contributed by atoms with E-state index in [2.05, 4.69) is 0 Å². The van der Waals surface area contributed by atoms with E-state index in [1.807, 2.05) is 0 Å². The number of aromatic hydroxyl groups is 3. The fourth-order valence-corrected chi connectivity index (χ4v) is 2.76. The summed E-state index contributed by atoms with van der Waals surface area (Å²) < 4.78 is 0. The highest BCUT2D eigenvalue weighted by atomic mass is 16.4. The Hall–Kier alpha value is -3.52. The molecule has 0 saturated carbocycles. The second-order valence-electron chi connectivity index (χ2n) is 6.35. The summed E-state index contributed by atoms with van der Waals surface area (Å²) in [6.45, 7) is 0. The molecule has 148 valence electrons. The van der Waals surface area contributed by atoms with Gasteiger partial charge in [-0.3, -0.25) is 4.79 Å². The van der Waals surface area contributed by atoms with Gasteiger partial charge in [0.05, 0.1) is 5.92 Å².